The topological polar surface area (TPSA) is 81.8 Å². The molecule has 0 amide bonds. The number of ether oxygens (including phenoxy) is 2. The van der Waals surface area contributed by atoms with Crippen molar-refractivity contribution in [3.8, 4) is 0 Å². The number of hydrogen-bond donors (Lipinski definition) is 2. The number of hydrogen-bond acceptors (Lipinski definition) is 5. The van der Waals surface area contributed by atoms with Gasteiger partial charge in [0, 0.05) is 12.8 Å². The van der Waals surface area contributed by atoms with Crippen molar-refractivity contribution in [3.63, 3.8) is 0 Å². The van der Waals surface area contributed by atoms with Crippen LogP contribution in [0.2, 0.25) is 0 Å². The summed E-state index contributed by atoms with van der Waals surface area (Å²) in [5.74, 6) is -1.06. The van der Waals surface area contributed by atoms with Crippen molar-refractivity contribution >= 4 is 5.78 Å². The van der Waals surface area contributed by atoms with Crippen LogP contribution in [0.15, 0.2) is 0 Å². The molecule has 0 spiro atoms. The highest BCUT2D eigenvalue weighted by Gasteiger charge is 2.23. The van der Waals surface area contributed by atoms with E-state index in [-0.39, 0.29) is 11.4 Å². The molecule has 0 fully saturated rings. The Bertz CT molecular complexity index is 251. The molecule has 0 saturated heterocycles. The van der Waals surface area contributed by atoms with Crippen LogP contribution >= 0.6 is 0 Å². The molecule has 0 aromatic heterocycles. The highest BCUT2D eigenvalue weighted by Crippen LogP contribution is 2.18. The maximum Gasteiger partial charge on any atom is 0.163 e. The minimum Gasteiger partial charge on any atom is -0.375 e. The van der Waals surface area contributed by atoms with Gasteiger partial charge in [-0.3, -0.25) is 4.79 Å². The van der Waals surface area contributed by atoms with Gasteiger partial charge in [-0.05, 0) is 40.7 Å². The smallest absolute Gasteiger partial charge is 0.163 e. The third-order valence-corrected chi connectivity index (χ3v) is 2.67. The van der Waals surface area contributed by atoms with E-state index in [2.05, 4.69) is 0 Å². The number of nitrogens with two attached hydrogens (primary N) is 1. The summed E-state index contributed by atoms with van der Waals surface area (Å²) in [6, 6.07) is 0. The molecule has 0 aliphatic heterocycles. The van der Waals surface area contributed by atoms with Gasteiger partial charge >= 0.3 is 0 Å². The van der Waals surface area contributed by atoms with Gasteiger partial charge in [0.1, 0.15) is 5.78 Å². The molecule has 0 aromatic carbocycles. The van der Waals surface area contributed by atoms with E-state index in [1.54, 1.807) is 13.8 Å². The predicted molar refractivity (Wildman–Crippen MR) is 70.2 cm³/mol. The van der Waals surface area contributed by atoms with Crippen LogP contribution < -0.4 is 5.73 Å². The molecule has 5 heteroatoms. The number of ketones is 1. The number of aliphatic hydroxyl groups is 1. The largest absolute Gasteiger partial charge is 0.375 e. The molecule has 0 heterocycles. The maximum absolute atomic E-state index is 10.8. The van der Waals surface area contributed by atoms with Crippen molar-refractivity contribution in [2.45, 2.75) is 58.3 Å². The molecule has 0 aliphatic rings. The van der Waals surface area contributed by atoms with Crippen molar-refractivity contribution in [1.82, 2.24) is 0 Å². The van der Waals surface area contributed by atoms with Crippen molar-refractivity contribution < 1.29 is 19.4 Å². The van der Waals surface area contributed by atoms with Crippen LogP contribution in [-0.2, 0) is 14.3 Å². The fraction of sp³-hybridized carbons (Fsp3) is 0.923. The van der Waals surface area contributed by atoms with Crippen molar-refractivity contribution in [2.24, 2.45) is 5.73 Å². The summed E-state index contributed by atoms with van der Waals surface area (Å²) in [5.41, 5.74) is 5.00. The molecule has 3 N–H and O–H groups in total. The first-order valence-corrected chi connectivity index (χ1v) is 6.38. The molecule has 0 bridgehead atoms. The average Bonchev–Trinajstić information content (AvgIpc) is 2.15. The van der Waals surface area contributed by atoms with E-state index in [1.165, 1.54) is 0 Å². The lowest BCUT2D eigenvalue weighted by molar-refractivity contribution is -0.199. The minimum atomic E-state index is -1.18. The molecular weight excluding hydrogens is 234 g/mol. The van der Waals surface area contributed by atoms with E-state index in [0.29, 0.717) is 39.0 Å². The fourth-order valence-electron chi connectivity index (χ4n) is 1.40. The number of carbonyl (C=O) groups is 1. The average molecular weight is 261 g/mol. The molecule has 0 aliphatic carbocycles. The lowest BCUT2D eigenvalue weighted by Crippen LogP contribution is -2.34. The third kappa shape index (κ3) is 9.53. The van der Waals surface area contributed by atoms with E-state index >= 15 is 0 Å². The Morgan fingerprint density at radius 1 is 1.17 bits per heavy atom. The molecule has 18 heavy (non-hydrogen) atoms. The SMILES string of the molecule is CC(=O)CCOC(C)(C)CCOC(C)(O)CCN. The summed E-state index contributed by atoms with van der Waals surface area (Å²) in [5, 5.41) is 9.77. The summed E-state index contributed by atoms with van der Waals surface area (Å²) >= 11 is 0. The Balaban J connectivity index is 3.85. The van der Waals surface area contributed by atoms with Crippen molar-refractivity contribution in [1.29, 1.82) is 0 Å². The lowest BCUT2D eigenvalue weighted by atomic mass is 10.1. The maximum atomic E-state index is 10.8. The van der Waals surface area contributed by atoms with Gasteiger partial charge in [0.05, 0.1) is 18.8 Å². The van der Waals surface area contributed by atoms with E-state index < -0.39 is 5.79 Å². The minimum absolute atomic E-state index is 0.118. The molecular formula is C13H27NO4. The summed E-state index contributed by atoms with van der Waals surface area (Å²) in [6.45, 7) is 8.21. The van der Waals surface area contributed by atoms with Gasteiger partial charge in [-0.2, -0.15) is 0 Å². The second-order valence-corrected chi connectivity index (χ2v) is 5.37. The van der Waals surface area contributed by atoms with E-state index in [9.17, 15) is 9.90 Å². The molecule has 0 rings (SSSR count). The third-order valence-electron chi connectivity index (χ3n) is 2.67. The Kier molecular flexibility index (Phi) is 7.62. The zero-order valence-electron chi connectivity index (χ0n) is 12.0. The van der Waals surface area contributed by atoms with E-state index in [0.717, 1.165) is 0 Å². The second kappa shape index (κ2) is 7.84. The summed E-state index contributed by atoms with van der Waals surface area (Å²) < 4.78 is 11.0. The van der Waals surface area contributed by atoms with Gasteiger partial charge in [0.25, 0.3) is 0 Å². The van der Waals surface area contributed by atoms with Gasteiger partial charge in [-0.15, -0.1) is 0 Å². The summed E-state index contributed by atoms with van der Waals surface area (Å²) in [6.07, 6.45) is 1.47. The van der Waals surface area contributed by atoms with Crippen LogP contribution in [0.4, 0.5) is 0 Å². The summed E-state index contributed by atoms with van der Waals surface area (Å²) in [4.78, 5) is 10.8. The Labute approximate surface area is 110 Å². The van der Waals surface area contributed by atoms with E-state index in [1.807, 2.05) is 13.8 Å². The van der Waals surface area contributed by atoms with Gasteiger partial charge in [-0.1, -0.05) is 0 Å². The quantitative estimate of drug-likeness (QED) is 0.578. The first-order chi connectivity index (χ1) is 8.18. The molecule has 0 aromatic rings. The van der Waals surface area contributed by atoms with Crippen molar-refractivity contribution in [2.75, 3.05) is 19.8 Å². The number of Topliss-reactive ketones (excluding diaryl/α,β-unsaturated/α-hetero) is 1. The van der Waals surface area contributed by atoms with Crippen LogP contribution in [0.5, 0.6) is 0 Å². The van der Waals surface area contributed by atoms with Gasteiger partial charge in [0.2, 0.25) is 0 Å². The van der Waals surface area contributed by atoms with Crippen LogP contribution in [0, 0.1) is 0 Å². The number of carbonyl (C=O) groups excluding carboxylic acids is 1. The molecule has 5 nitrogen and oxygen atoms in total. The van der Waals surface area contributed by atoms with Crippen LogP contribution in [0.1, 0.15) is 47.0 Å². The highest BCUT2D eigenvalue weighted by atomic mass is 16.6. The van der Waals surface area contributed by atoms with Crippen LogP contribution in [0.25, 0.3) is 0 Å². The predicted octanol–water partition coefficient (Wildman–Crippen LogP) is 1.22. The van der Waals surface area contributed by atoms with E-state index in [4.69, 9.17) is 15.2 Å². The molecule has 0 saturated carbocycles. The first kappa shape index (κ1) is 17.5. The zero-order chi connectivity index (χ0) is 14.2. The normalized spacial score (nSPS) is 15.4. The Morgan fingerprint density at radius 2 is 1.78 bits per heavy atom. The fourth-order valence-corrected chi connectivity index (χ4v) is 1.40. The number of rotatable bonds is 10. The van der Waals surface area contributed by atoms with Crippen molar-refractivity contribution in [3.05, 3.63) is 0 Å². The molecule has 1 atom stereocenters. The molecule has 108 valence electrons. The first-order valence-electron chi connectivity index (χ1n) is 6.38. The van der Waals surface area contributed by atoms with Gasteiger partial charge < -0.3 is 20.3 Å². The van der Waals surface area contributed by atoms with Gasteiger partial charge in [0.15, 0.2) is 5.79 Å². The molecule has 1 unspecified atom stereocenters. The highest BCUT2D eigenvalue weighted by molar-refractivity contribution is 5.75. The molecule has 0 radical (unpaired) electrons. The zero-order valence-corrected chi connectivity index (χ0v) is 12.0. The lowest BCUT2D eigenvalue weighted by Gasteiger charge is -2.28. The van der Waals surface area contributed by atoms with Crippen LogP contribution in [-0.4, -0.2) is 42.0 Å². The monoisotopic (exact) mass is 261 g/mol. The Hall–Kier alpha value is -0.490. The van der Waals surface area contributed by atoms with Gasteiger partial charge in [-0.25, -0.2) is 0 Å². The second-order valence-electron chi connectivity index (χ2n) is 5.37. The Morgan fingerprint density at radius 3 is 2.28 bits per heavy atom. The van der Waals surface area contributed by atoms with Crippen LogP contribution in [0.3, 0.4) is 0 Å². The standard InChI is InChI=1S/C13H27NO4/c1-11(15)5-9-17-12(2,3)7-10-18-13(4,16)6-8-14/h16H,5-10,14H2,1-4H3. The summed E-state index contributed by atoms with van der Waals surface area (Å²) in [7, 11) is 0.